The molecule has 0 aromatic carbocycles. The van der Waals surface area contributed by atoms with E-state index in [1.165, 1.54) is 58.2 Å². The van der Waals surface area contributed by atoms with Crippen molar-refractivity contribution in [2.24, 2.45) is 11.3 Å². The molecule has 1 saturated carbocycles. The maximum Gasteiger partial charge on any atom is 0.0506 e. The highest BCUT2D eigenvalue weighted by molar-refractivity contribution is 4.89. The standard InChI is InChI=1S/C16H32N2O/c1-3-17-13-16(8-4-5-9-16)14-18(2)11-15-7-6-10-19-12-15/h15,17H,3-14H2,1-2H3. The summed E-state index contributed by atoms with van der Waals surface area (Å²) in [5.74, 6) is 0.760. The predicted molar refractivity (Wildman–Crippen MR) is 80.5 cm³/mol. The summed E-state index contributed by atoms with van der Waals surface area (Å²) in [5, 5.41) is 3.59. The molecule has 1 N–H and O–H groups in total. The molecule has 0 spiro atoms. The number of nitrogens with zero attached hydrogens (tertiary/aromatic N) is 1. The molecule has 0 amide bonds. The second-order valence-electron chi connectivity index (χ2n) is 6.77. The Morgan fingerprint density at radius 2 is 2.05 bits per heavy atom. The Labute approximate surface area is 119 Å². The third kappa shape index (κ3) is 4.73. The molecule has 0 radical (unpaired) electrons. The van der Waals surface area contributed by atoms with Gasteiger partial charge in [-0.25, -0.2) is 0 Å². The summed E-state index contributed by atoms with van der Waals surface area (Å²) in [7, 11) is 2.31. The first-order valence-corrected chi connectivity index (χ1v) is 8.21. The van der Waals surface area contributed by atoms with Crippen molar-refractivity contribution in [3.63, 3.8) is 0 Å². The van der Waals surface area contributed by atoms with E-state index in [4.69, 9.17) is 4.74 Å². The Kier molecular flexibility index (Phi) is 6.11. The van der Waals surface area contributed by atoms with Crippen molar-refractivity contribution >= 4 is 0 Å². The van der Waals surface area contributed by atoms with Crippen LogP contribution in [0.15, 0.2) is 0 Å². The van der Waals surface area contributed by atoms with E-state index in [2.05, 4.69) is 24.2 Å². The first-order valence-electron chi connectivity index (χ1n) is 8.21. The van der Waals surface area contributed by atoms with E-state index in [0.29, 0.717) is 5.41 Å². The van der Waals surface area contributed by atoms with Gasteiger partial charge in [-0.3, -0.25) is 0 Å². The van der Waals surface area contributed by atoms with Crippen LogP contribution in [0, 0.1) is 11.3 Å². The molecule has 1 unspecified atom stereocenters. The zero-order valence-electron chi connectivity index (χ0n) is 12.9. The Bertz CT molecular complexity index is 245. The molecule has 112 valence electrons. The molecule has 1 aliphatic heterocycles. The van der Waals surface area contributed by atoms with Gasteiger partial charge in [0.15, 0.2) is 0 Å². The molecular weight excluding hydrogens is 236 g/mol. The number of hydrogen-bond donors (Lipinski definition) is 1. The van der Waals surface area contributed by atoms with Crippen LogP contribution in [0.4, 0.5) is 0 Å². The Balaban J connectivity index is 1.78. The minimum atomic E-state index is 0.542. The van der Waals surface area contributed by atoms with Crippen LogP contribution < -0.4 is 5.32 Å². The number of nitrogens with one attached hydrogen (secondary N) is 1. The van der Waals surface area contributed by atoms with Crippen molar-refractivity contribution in [1.29, 1.82) is 0 Å². The van der Waals surface area contributed by atoms with Crippen LogP contribution in [-0.2, 0) is 4.74 Å². The average Bonchev–Trinajstić information content (AvgIpc) is 2.86. The molecule has 0 aromatic rings. The van der Waals surface area contributed by atoms with Gasteiger partial charge in [0.1, 0.15) is 0 Å². The Hall–Kier alpha value is -0.120. The van der Waals surface area contributed by atoms with Crippen LogP contribution >= 0.6 is 0 Å². The summed E-state index contributed by atoms with van der Waals surface area (Å²) in [4.78, 5) is 2.57. The third-order valence-electron chi connectivity index (χ3n) is 4.84. The van der Waals surface area contributed by atoms with Crippen LogP contribution in [0.2, 0.25) is 0 Å². The maximum atomic E-state index is 5.60. The molecule has 0 aromatic heterocycles. The van der Waals surface area contributed by atoms with Crippen molar-refractivity contribution in [3.05, 3.63) is 0 Å². The van der Waals surface area contributed by atoms with Crippen molar-refractivity contribution in [2.45, 2.75) is 45.4 Å². The van der Waals surface area contributed by atoms with Gasteiger partial charge in [-0.15, -0.1) is 0 Å². The van der Waals surface area contributed by atoms with Crippen LogP contribution in [0.1, 0.15) is 45.4 Å². The van der Waals surface area contributed by atoms with Crippen molar-refractivity contribution in [2.75, 3.05) is 46.4 Å². The van der Waals surface area contributed by atoms with E-state index in [1.54, 1.807) is 0 Å². The lowest BCUT2D eigenvalue weighted by molar-refractivity contribution is 0.0356. The van der Waals surface area contributed by atoms with E-state index in [9.17, 15) is 0 Å². The van der Waals surface area contributed by atoms with Crippen LogP contribution in [-0.4, -0.2) is 51.3 Å². The lowest BCUT2D eigenvalue weighted by Crippen LogP contribution is -2.43. The molecule has 2 fully saturated rings. The molecule has 3 nitrogen and oxygen atoms in total. The SMILES string of the molecule is CCNCC1(CN(C)CC2CCCOC2)CCCC1. The summed E-state index contributed by atoms with van der Waals surface area (Å²) < 4.78 is 5.60. The average molecular weight is 268 g/mol. The highest BCUT2D eigenvalue weighted by Gasteiger charge is 2.34. The van der Waals surface area contributed by atoms with Gasteiger partial charge >= 0.3 is 0 Å². The fraction of sp³-hybridized carbons (Fsp3) is 1.00. The molecule has 2 rings (SSSR count). The smallest absolute Gasteiger partial charge is 0.0506 e. The molecule has 0 bridgehead atoms. The molecule has 1 atom stereocenters. The second kappa shape index (κ2) is 7.61. The molecule has 19 heavy (non-hydrogen) atoms. The van der Waals surface area contributed by atoms with Gasteiger partial charge in [-0.1, -0.05) is 19.8 Å². The summed E-state index contributed by atoms with van der Waals surface area (Å²) in [6.45, 7) is 8.95. The molecular formula is C16H32N2O. The van der Waals surface area contributed by atoms with E-state index in [-0.39, 0.29) is 0 Å². The predicted octanol–water partition coefficient (Wildman–Crippen LogP) is 2.51. The molecule has 1 saturated heterocycles. The number of rotatable bonds is 7. The summed E-state index contributed by atoms with van der Waals surface area (Å²) >= 11 is 0. The van der Waals surface area contributed by atoms with Gasteiger partial charge in [-0.2, -0.15) is 0 Å². The monoisotopic (exact) mass is 268 g/mol. The largest absolute Gasteiger partial charge is 0.381 e. The topological polar surface area (TPSA) is 24.5 Å². The van der Waals surface area contributed by atoms with Crippen LogP contribution in [0.5, 0.6) is 0 Å². The van der Waals surface area contributed by atoms with E-state index >= 15 is 0 Å². The maximum absolute atomic E-state index is 5.60. The first-order chi connectivity index (χ1) is 9.24. The molecule has 3 heteroatoms. The normalized spacial score (nSPS) is 27.0. The van der Waals surface area contributed by atoms with E-state index < -0.39 is 0 Å². The van der Waals surface area contributed by atoms with Crippen molar-refractivity contribution in [3.8, 4) is 0 Å². The lowest BCUT2D eigenvalue weighted by atomic mass is 9.85. The van der Waals surface area contributed by atoms with Gasteiger partial charge in [-0.05, 0) is 50.6 Å². The zero-order valence-corrected chi connectivity index (χ0v) is 12.9. The Morgan fingerprint density at radius 3 is 2.68 bits per heavy atom. The van der Waals surface area contributed by atoms with Gasteiger partial charge < -0.3 is 15.0 Å². The number of hydrogen-bond acceptors (Lipinski definition) is 3. The minimum Gasteiger partial charge on any atom is -0.381 e. The highest BCUT2D eigenvalue weighted by atomic mass is 16.5. The van der Waals surface area contributed by atoms with Crippen LogP contribution in [0.25, 0.3) is 0 Å². The molecule has 1 heterocycles. The lowest BCUT2D eigenvalue weighted by Gasteiger charge is -2.36. The van der Waals surface area contributed by atoms with Gasteiger partial charge in [0, 0.05) is 26.2 Å². The first kappa shape index (κ1) is 15.3. The highest BCUT2D eigenvalue weighted by Crippen LogP contribution is 2.38. The van der Waals surface area contributed by atoms with Crippen molar-refractivity contribution < 1.29 is 4.74 Å². The fourth-order valence-corrected chi connectivity index (χ4v) is 3.94. The summed E-state index contributed by atoms with van der Waals surface area (Å²) in [6, 6.07) is 0. The minimum absolute atomic E-state index is 0.542. The van der Waals surface area contributed by atoms with Gasteiger partial charge in [0.05, 0.1) is 6.61 Å². The zero-order chi connectivity index (χ0) is 13.6. The summed E-state index contributed by atoms with van der Waals surface area (Å²) in [5.41, 5.74) is 0.542. The van der Waals surface area contributed by atoms with Crippen molar-refractivity contribution in [1.82, 2.24) is 10.2 Å². The second-order valence-corrected chi connectivity index (χ2v) is 6.77. The molecule has 1 aliphatic carbocycles. The number of ether oxygens (including phenoxy) is 1. The van der Waals surface area contributed by atoms with Gasteiger partial charge in [0.25, 0.3) is 0 Å². The fourth-order valence-electron chi connectivity index (χ4n) is 3.94. The quantitative estimate of drug-likeness (QED) is 0.768. The summed E-state index contributed by atoms with van der Waals surface area (Å²) in [6.07, 6.45) is 8.26. The van der Waals surface area contributed by atoms with E-state index in [1.807, 2.05) is 0 Å². The Morgan fingerprint density at radius 1 is 1.26 bits per heavy atom. The molecule has 2 aliphatic rings. The van der Waals surface area contributed by atoms with Gasteiger partial charge in [0.2, 0.25) is 0 Å². The van der Waals surface area contributed by atoms with E-state index in [0.717, 1.165) is 25.7 Å². The third-order valence-corrected chi connectivity index (χ3v) is 4.84. The van der Waals surface area contributed by atoms with Crippen LogP contribution in [0.3, 0.4) is 0 Å².